The number of hydrogen-bond acceptors (Lipinski definition) is 5. The first-order valence-corrected chi connectivity index (χ1v) is 11.5. The molecule has 0 spiro atoms. The number of halogens is 1. The van der Waals surface area contributed by atoms with E-state index in [1.807, 2.05) is 7.05 Å². The minimum absolute atomic E-state index is 0. The first kappa shape index (κ1) is 26.6. The summed E-state index contributed by atoms with van der Waals surface area (Å²) in [4.78, 5) is 9.41. The van der Waals surface area contributed by atoms with E-state index in [1.165, 1.54) is 5.56 Å². The van der Waals surface area contributed by atoms with E-state index < -0.39 is 0 Å². The monoisotopic (exact) mass is 538 g/mol. The summed E-state index contributed by atoms with van der Waals surface area (Å²) in [6.07, 6.45) is 3.44. The highest BCUT2D eigenvalue weighted by Gasteiger charge is 2.24. The van der Waals surface area contributed by atoms with E-state index >= 15 is 0 Å². The van der Waals surface area contributed by atoms with E-state index in [1.54, 1.807) is 18.4 Å². The van der Waals surface area contributed by atoms with Crippen molar-refractivity contribution in [3.63, 3.8) is 0 Å². The van der Waals surface area contributed by atoms with Crippen LogP contribution in [0.15, 0.2) is 21.8 Å². The van der Waals surface area contributed by atoms with Crippen LogP contribution in [-0.4, -0.2) is 82.0 Å². The first-order chi connectivity index (χ1) is 13.7. The van der Waals surface area contributed by atoms with Crippen LogP contribution in [-0.2, 0) is 9.47 Å². The summed E-state index contributed by atoms with van der Waals surface area (Å²) in [6, 6.07) is 2.62. The Morgan fingerprint density at radius 3 is 2.59 bits per heavy atom. The van der Waals surface area contributed by atoms with Crippen LogP contribution in [0.25, 0.3) is 0 Å². The van der Waals surface area contributed by atoms with Crippen molar-refractivity contribution in [1.29, 1.82) is 0 Å². The molecule has 8 heteroatoms. The molecule has 6 nitrogen and oxygen atoms in total. The van der Waals surface area contributed by atoms with Gasteiger partial charge in [-0.3, -0.25) is 9.89 Å². The largest absolute Gasteiger partial charge is 0.385 e. The fourth-order valence-electron chi connectivity index (χ4n) is 3.79. The Morgan fingerprint density at radius 1 is 1.31 bits per heavy atom. The summed E-state index contributed by atoms with van der Waals surface area (Å²) in [5.41, 5.74) is 1.39. The molecular formula is C21H39IN4O2S. The van der Waals surface area contributed by atoms with Crippen molar-refractivity contribution < 1.29 is 9.47 Å². The first-order valence-electron chi connectivity index (χ1n) is 10.6. The molecule has 0 amide bonds. The highest BCUT2D eigenvalue weighted by atomic mass is 127. The maximum Gasteiger partial charge on any atom is 0.193 e. The molecule has 1 aliphatic heterocycles. The molecule has 0 saturated carbocycles. The van der Waals surface area contributed by atoms with Crippen LogP contribution in [0.5, 0.6) is 0 Å². The maximum absolute atomic E-state index is 5.98. The highest BCUT2D eigenvalue weighted by molar-refractivity contribution is 14.0. The summed E-state index contributed by atoms with van der Waals surface area (Å²) in [6.45, 7) is 11.0. The van der Waals surface area contributed by atoms with Gasteiger partial charge in [-0.05, 0) is 54.7 Å². The molecule has 1 atom stereocenters. The normalized spacial score (nSPS) is 16.7. The second-order valence-electron chi connectivity index (χ2n) is 7.13. The number of hydrogen-bond donors (Lipinski definition) is 1. The average molecular weight is 539 g/mol. The Hall–Kier alpha value is -0.420. The van der Waals surface area contributed by atoms with Crippen molar-refractivity contribution in [3.05, 3.63) is 22.4 Å². The summed E-state index contributed by atoms with van der Waals surface area (Å²) < 4.78 is 11.1. The van der Waals surface area contributed by atoms with Gasteiger partial charge in [0.25, 0.3) is 0 Å². The second kappa shape index (κ2) is 15.4. The lowest BCUT2D eigenvalue weighted by molar-refractivity contribution is 0.00985. The fourth-order valence-corrected chi connectivity index (χ4v) is 4.50. The Bertz CT molecular complexity index is 547. The number of likely N-dealkylation sites (tertiary alicyclic amines) is 1. The molecule has 168 valence electrons. The van der Waals surface area contributed by atoms with Crippen molar-refractivity contribution in [1.82, 2.24) is 15.1 Å². The van der Waals surface area contributed by atoms with Crippen molar-refractivity contribution in [3.8, 4) is 0 Å². The zero-order valence-corrected chi connectivity index (χ0v) is 21.6. The number of methoxy groups -OCH3 is 1. The molecule has 1 unspecified atom stereocenters. The van der Waals surface area contributed by atoms with Crippen LogP contribution in [0.3, 0.4) is 0 Å². The van der Waals surface area contributed by atoms with Gasteiger partial charge < -0.3 is 19.7 Å². The molecule has 1 saturated heterocycles. The maximum atomic E-state index is 5.98. The molecule has 0 aromatic carbocycles. The predicted molar refractivity (Wildman–Crippen MR) is 134 cm³/mol. The molecule has 2 heterocycles. The molecule has 0 radical (unpaired) electrons. The van der Waals surface area contributed by atoms with Crippen LogP contribution in [0.4, 0.5) is 0 Å². The number of piperidine rings is 1. The quantitative estimate of drug-likeness (QED) is 0.201. The van der Waals surface area contributed by atoms with Crippen LogP contribution < -0.4 is 5.32 Å². The Morgan fingerprint density at radius 2 is 2.03 bits per heavy atom. The lowest BCUT2D eigenvalue weighted by Crippen LogP contribution is -2.49. The molecule has 1 N–H and O–H groups in total. The summed E-state index contributed by atoms with van der Waals surface area (Å²) >= 11 is 1.77. The van der Waals surface area contributed by atoms with Gasteiger partial charge in [-0.1, -0.05) is 13.8 Å². The van der Waals surface area contributed by atoms with Crippen molar-refractivity contribution in [2.45, 2.75) is 45.3 Å². The standard InChI is InChI=1S/C21H38N4O2S.HI/c1-5-24(6-2)20(18-10-15-28-17-18)16-23-21(22-3)25-11-8-19(9-12-25)27-14-7-13-26-4;/h10,15,17,19-20H,5-9,11-14,16H2,1-4H3,(H,22,23);1H. The topological polar surface area (TPSA) is 49.3 Å². The Labute approximate surface area is 198 Å². The highest BCUT2D eigenvalue weighted by Crippen LogP contribution is 2.22. The van der Waals surface area contributed by atoms with Gasteiger partial charge in [0.1, 0.15) is 0 Å². The molecule has 1 aromatic heterocycles. The summed E-state index contributed by atoms with van der Waals surface area (Å²) in [5, 5.41) is 8.06. The molecule has 29 heavy (non-hydrogen) atoms. The minimum atomic E-state index is 0. The number of guanidine groups is 1. The number of ether oxygens (including phenoxy) is 2. The number of nitrogens with zero attached hydrogens (tertiary/aromatic N) is 3. The number of aliphatic imine (C=N–C) groups is 1. The second-order valence-corrected chi connectivity index (χ2v) is 7.91. The van der Waals surface area contributed by atoms with Crippen molar-refractivity contribution in [2.24, 2.45) is 4.99 Å². The smallest absolute Gasteiger partial charge is 0.193 e. The van der Waals surface area contributed by atoms with E-state index in [-0.39, 0.29) is 24.0 Å². The van der Waals surface area contributed by atoms with E-state index in [4.69, 9.17) is 9.47 Å². The summed E-state index contributed by atoms with van der Waals surface area (Å²) in [7, 11) is 3.62. The van der Waals surface area contributed by atoms with Gasteiger partial charge in [0.05, 0.1) is 12.1 Å². The van der Waals surface area contributed by atoms with Crippen molar-refractivity contribution >= 4 is 41.3 Å². The minimum Gasteiger partial charge on any atom is -0.385 e. The third-order valence-corrected chi connectivity index (χ3v) is 6.14. The number of likely N-dealkylation sites (N-methyl/N-ethyl adjacent to an activating group) is 1. The van der Waals surface area contributed by atoms with Gasteiger partial charge in [0, 0.05) is 47.0 Å². The van der Waals surface area contributed by atoms with Gasteiger partial charge in [0.15, 0.2) is 5.96 Å². The number of thiophene rings is 1. The number of nitrogens with one attached hydrogen (secondary N) is 1. The van der Waals surface area contributed by atoms with Crippen LogP contribution in [0.2, 0.25) is 0 Å². The van der Waals surface area contributed by atoms with Crippen LogP contribution >= 0.6 is 35.3 Å². The van der Waals surface area contributed by atoms with E-state index in [9.17, 15) is 0 Å². The van der Waals surface area contributed by atoms with Crippen molar-refractivity contribution in [2.75, 3.05) is 60.1 Å². The van der Waals surface area contributed by atoms with Gasteiger partial charge in [0.2, 0.25) is 0 Å². The molecule has 0 aliphatic carbocycles. The molecule has 1 fully saturated rings. The van der Waals surface area contributed by atoms with Crippen LogP contribution in [0, 0.1) is 0 Å². The third-order valence-electron chi connectivity index (χ3n) is 5.43. The van der Waals surface area contributed by atoms with Gasteiger partial charge in [-0.25, -0.2) is 0 Å². The third kappa shape index (κ3) is 8.69. The van der Waals surface area contributed by atoms with Gasteiger partial charge in [-0.2, -0.15) is 11.3 Å². The zero-order chi connectivity index (χ0) is 20.2. The Kier molecular flexibility index (Phi) is 14.1. The molecule has 1 aromatic rings. The molecule has 0 bridgehead atoms. The molecule has 2 rings (SSSR count). The van der Waals surface area contributed by atoms with Crippen LogP contribution in [0.1, 0.15) is 44.7 Å². The van der Waals surface area contributed by atoms with E-state index in [2.05, 4.69) is 50.8 Å². The number of rotatable bonds is 11. The molecule has 1 aliphatic rings. The zero-order valence-electron chi connectivity index (χ0n) is 18.4. The molecular weight excluding hydrogens is 499 g/mol. The van der Waals surface area contributed by atoms with E-state index in [0.717, 1.165) is 71.2 Å². The lowest BCUT2D eigenvalue weighted by Gasteiger charge is -2.36. The summed E-state index contributed by atoms with van der Waals surface area (Å²) in [5.74, 6) is 1.00. The average Bonchev–Trinajstić information content (AvgIpc) is 3.26. The SMILES string of the molecule is CCN(CC)C(CNC(=NC)N1CCC(OCCCOC)CC1)c1ccsc1.I. The fraction of sp³-hybridized carbons (Fsp3) is 0.762. The predicted octanol–water partition coefficient (Wildman–Crippen LogP) is 3.84. The van der Waals surface area contributed by atoms with Gasteiger partial charge >= 0.3 is 0 Å². The lowest BCUT2D eigenvalue weighted by atomic mass is 10.1. The van der Waals surface area contributed by atoms with E-state index in [0.29, 0.717) is 12.1 Å². The Balaban J connectivity index is 0.00000420. The van der Waals surface area contributed by atoms with Gasteiger partial charge in [-0.15, -0.1) is 24.0 Å².